The van der Waals surface area contributed by atoms with E-state index in [4.69, 9.17) is 10.4 Å². The topological polar surface area (TPSA) is 75.8 Å². The van der Waals surface area contributed by atoms with Crippen molar-refractivity contribution in [1.82, 2.24) is 4.90 Å². The van der Waals surface area contributed by atoms with Crippen LogP contribution in [0.3, 0.4) is 0 Å². The van der Waals surface area contributed by atoms with Crippen LogP contribution in [0, 0.1) is 41.4 Å². The van der Waals surface area contributed by atoms with E-state index in [1.807, 2.05) is 0 Å². The molecule has 0 aromatic heterocycles. The second kappa shape index (κ2) is 10.4. The molecule has 0 spiro atoms. The van der Waals surface area contributed by atoms with E-state index in [2.05, 4.69) is 18.7 Å². The van der Waals surface area contributed by atoms with Crippen LogP contribution in [0.25, 0.3) is 0 Å². The molecule has 5 nitrogen and oxygen atoms in total. The van der Waals surface area contributed by atoms with E-state index in [1.165, 1.54) is 64.2 Å². The lowest BCUT2D eigenvalue weighted by Gasteiger charge is -2.43. The second-order valence-corrected chi connectivity index (χ2v) is 13.3. The van der Waals surface area contributed by atoms with Crippen LogP contribution in [0.5, 0.6) is 0 Å². The molecule has 0 radical (unpaired) electrons. The van der Waals surface area contributed by atoms with Gasteiger partial charge in [0.2, 0.25) is 5.91 Å². The van der Waals surface area contributed by atoms with Gasteiger partial charge in [0, 0.05) is 19.0 Å². The molecule has 5 rings (SSSR count). The third-order valence-electron chi connectivity index (χ3n) is 11.1. The van der Waals surface area contributed by atoms with E-state index in [9.17, 15) is 9.82 Å². The van der Waals surface area contributed by atoms with Gasteiger partial charge in [-0.3, -0.25) is 4.79 Å². The maximum atomic E-state index is 13.3. The third-order valence-corrected chi connectivity index (χ3v) is 11.1. The fraction of sp³-hybridized carbons (Fsp3) is 0.964. The fourth-order valence-corrected chi connectivity index (χ4v) is 8.99. The van der Waals surface area contributed by atoms with Gasteiger partial charge in [0.05, 0.1) is 5.60 Å². The number of amides is 1. The smallest absolute Gasteiger partial charge is 0.427 e. The number of likely N-dealkylation sites (tertiary alicyclic amines) is 1. The number of nitrogens with two attached hydrogens (primary N) is 1. The average Bonchev–Trinajstić information content (AvgIpc) is 3.11. The van der Waals surface area contributed by atoms with Gasteiger partial charge in [-0.1, -0.05) is 12.8 Å². The van der Waals surface area contributed by atoms with Crippen LogP contribution < -0.4 is 5.73 Å². The SMILES string of the molecule is CC1(C)OB(O)C2CC(C3CCC(C(=O)N4CCC(C5CCCC(CN)C5)CC4)CC3)CCC21. The Hall–Kier alpha value is -0.585. The van der Waals surface area contributed by atoms with Gasteiger partial charge in [0.15, 0.2) is 0 Å². The average molecular weight is 473 g/mol. The zero-order valence-electron chi connectivity index (χ0n) is 21.8. The first-order chi connectivity index (χ1) is 16.4. The molecule has 2 saturated heterocycles. The van der Waals surface area contributed by atoms with E-state index < -0.39 is 7.12 Å². The van der Waals surface area contributed by atoms with Crippen LogP contribution in [0.4, 0.5) is 0 Å². The lowest BCUT2D eigenvalue weighted by Crippen LogP contribution is -2.44. The van der Waals surface area contributed by atoms with Gasteiger partial charge in [-0.15, -0.1) is 0 Å². The van der Waals surface area contributed by atoms with Crippen molar-refractivity contribution in [3.63, 3.8) is 0 Å². The van der Waals surface area contributed by atoms with Crippen LogP contribution >= 0.6 is 0 Å². The Bertz CT molecular complexity index is 702. The van der Waals surface area contributed by atoms with E-state index >= 15 is 0 Å². The number of carbonyl (C=O) groups excluding carboxylic acids is 1. The van der Waals surface area contributed by atoms with Crippen LogP contribution in [0.1, 0.15) is 97.3 Å². The number of piperidine rings is 1. The summed E-state index contributed by atoms with van der Waals surface area (Å²) < 4.78 is 5.90. The predicted octanol–water partition coefficient (Wildman–Crippen LogP) is 4.87. The molecule has 0 aromatic carbocycles. The summed E-state index contributed by atoms with van der Waals surface area (Å²) in [4.78, 5) is 15.6. The van der Waals surface area contributed by atoms with Crippen molar-refractivity contribution in [2.45, 2.75) is 109 Å². The van der Waals surface area contributed by atoms with Gasteiger partial charge in [-0.05, 0) is 132 Å². The van der Waals surface area contributed by atoms with Crippen molar-refractivity contribution in [3.05, 3.63) is 0 Å². The van der Waals surface area contributed by atoms with Crippen LogP contribution in [-0.4, -0.2) is 48.2 Å². The molecule has 3 saturated carbocycles. The summed E-state index contributed by atoms with van der Waals surface area (Å²) in [6, 6.07) is 0. The van der Waals surface area contributed by atoms with E-state index in [0.29, 0.717) is 23.6 Å². The summed E-state index contributed by atoms with van der Waals surface area (Å²) >= 11 is 0. The molecule has 5 aliphatic rings. The van der Waals surface area contributed by atoms with Crippen LogP contribution in [0.15, 0.2) is 0 Å². The van der Waals surface area contributed by atoms with Crippen molar-refractivity contribution >= 4 is 13.0 Å². The van der Waals surface area contributed by atoms with Gasteiger partial charge < -0.3 is 20.3 Å². The second-order valence-electron chi connectivity index (χ2n) is 13.3. The van der Waals surface area contributed by atoms with Gasteiger partial charge in [-0.25, -0.2) is 0 Å². The Morgan fingerprint density at radius 3 is 2.26 bits per heavy atom. The van der Waals surface area contributed by atoms with Crippen molar-refractivity contribution in [1.29, 1.82) is 0 Å². The highest BCUT2D eigenvalue weighted by Crippen LogP contribution is 2.54. The zero-order chi connectivity index (χ0) is 23.9. The molecule has 0 aromatic rings. The van der Waals surface area contributed by atoms with Crippen molar-refractivity contribution in [2.75, 3.05) is 19.6 Å². The number of hydrogen-bond donors (Lipinski definition) is 2. The summed E-state index contributed by atoms with van der Waals surface area (Å²) in [5.41, 5.74) is 5.78. The lowest BCUT2D eigenvalue weighted by atomic mass is 9.55. The van der Waals surface area contributed by atoms with E-state index in [1.54, 1.807) is 0 Å². The maximum Gasteiger partial charge on any atom is 0.458 e. The Balaban J connectivity index is 1.06. The van der Waals surface area contributed by atoms with E-state index in [0.717, 1.165) is 62.6 Å². The summed E-state index contributed by atoms with van der Waals surface area (Å²) in [6.45, 7) is 7.10. The van der Waals surface area contributed by atoms with Gasteiger partial charge >= 0.3 is 7.12 Å². The first-order valence-corrected chi connectivity index (χ1v) is 14.7. The standard InChI is InChI=1S/C28H49BN2O3/c1-28(2)25-11-10-24(17-26(25)29(33)34-28)20-6-8-22(9-7-20)27(32)31-14-12-21(13-15-31)23-5-3-4-19(16-23)18-30/h19-26,33H,3-18,30H2,1-2H3. The van der Waals surface area contributed by atoms with Gasteiger partial charge in [0.1, 0.15) is 0 Å². The highest BCUT2D eigenvalue weighted by molar-refractivity contribution is 6.46. The number of carbonyl (C=O) groups is 1. The van der Waals surface area contributed by atoms with Crippen molar-refractivity contribution in [3.8, 4) is 0 Å². The Labute approximate surface area is 208 Å². The molecule has 192 valence electrons. The lowest BCUT2D eigenvalue weighted by molar-refractivity contribution is -0.138. The first kappa shape index (κ1) is 25.1. The molecule has 3 aliphatic carbocycles. The minimum absolute atomic E-state index is 0.185. The number of fused-ring (bicyclic) bond motifs is 1. The molecule has 34 heavy (non-hydrogen) atoms. The fourth-order valence-electron chi connectivity index (χ4n) is 8.99. The maximum absolute atomic E-state index is 13.3. The minimum atomic E-state index is -0.585. The molecule has 1 amide bonds. The monoisotopic (exact) mass is 472 g/mol. The van der Waals surface area contributed by atoms with Crippen LogP contribution in [-0.2, 0) is 9.45 Å². The number of rotatable bonds is 4. The Kier molecular flexibility index (Phi) is 7.68. The molecule has 6 heteroatoms. The predicted molar refractivity (Wildman–Crippen MR) is 137 cm³/mol. The molecule has 2 heterocycles. The summed E-state index contributed by atoms with van der Waals surface area (Å²) in [5.74, 6) is 5.32. The largest absolute Gasteiger partial charge is 0.458 e. The molecule has 0 bridgehead atoms. The number of nitrogens with zero attached hydrogens (tertiary/aromatic N) is 1. The zero-order valence-corrected chi connectivity index (χ0v) is 21.8. The highest BCUT2D eigenvalue weighted by atomic mass is 16.5. The normalized spacial score (nSPS) is 41.4. The highest BCUT2D eigenvalue weighted by Gasteiger charge is 2.54. The Morgan fingerprint density at radius 2 is 1.56 bits per heavy atom. The number of hydrogen-bond acceptors (Lipinski definition) is 4. The van der Waals surface area contributed by atoms with Crippen molar-refractivity contribution < 1.29 is 14.5 Å². The van der Waals surface area contributed by atoms with E-state index in [-0.39, 0.29) is 11.5 Å². The van der Waals surface area contributed by atoms with Crippen molar-refractivity contribution in [2.24, 2.45) is 47.2 Å². The Morgan fingerprint density at radius 1 is 0.912 bits per heavy atom. The third kappa shape index (κ3) is 5.11. The molecule has 5 unspecified atom stereocenters. The summed E-state index contributed by atoms with van der Waals surface area (Å²) in [5, 5.41) is 10.5. The summed E-state index contributed by atoms with van der Waals surface area (Å²) in [7, 11) is -0.585. The molecular weight excluding hydrogens is 423 g/mol. The molecular formula is C28H49BN2O3. The molecule has 2 aliphatic heterocycles. The van der Waals surface area contributed by atoms with Gasteiger partial charge in [0.25, 0.3) is 0 Å². The first-order valence-electron chi connectivity index (χ1n) is 14.7. The minimum Gasteiger partial charge on any atom is -0.427 e. The molecule has 5 atom stereocenters. The van der Waals surface area contributed by atoms with Crippen LogP contribution in [0.2, 0.25) is 5.82 Å². The molecule has 3 N–H and O–H groups in total. The van der Waals surface area contributed by atoms with Gasteiger partial charge in [-0.2, -0.15) is 0 Å². The summed E-state index contributed by atoms with van der Waals surface area (Å²) in [6.07, 6.45) is 15.9. The molecule has 5 fully saturated rings. The quantitative estimate of drug-likeness (QED) is 0.573.